The lowest BCUT2D eigenvalue weighted by atomic mass is 9.99. The van der Waals surface area contributed by atoms with Crippen LogP contribution in [0.15, 0.2) is 48.5 Å². The molecule has 3 aliphatic rings. The first-order chi connectivity index (χ1) is 14.3. The second-order valence-electron chi connectivity index (χ2n) is 8.71. The second-order valence-corrected chi connectivity index (χ2v) is 8.71. The zero-order valence-corrected chi connectivity index (χ0v) is 17.3. The molecular formula is C25H32N2O2. The van der Waals surface area contributed by atoms with Gasteiger partial charge in [-0.25, -0.2) is 0 Å². The topological polar surface area (TPSA) is 24.9 Å². The average Bonchev–Trinajstić information content (AvgIpc) is 2.80. The molecule has 0 amide bonds. The van der Waals surface area contributed by atoms with Crippen molar-refractivity contribution in [2.45, 2.75) is 50.8 Å². The molecule has 0 aliphatic carbocycles. The quantitative estimate of drug-likeness (QED) is 0.756. The fraction of sp³-hybridized carbons (Fsp3) is 0.520. The minimum absolute atomic E-state index is 0.0285. The van der Waals surface area contributed by atoms with Gasteiger partial charge < -0.3 is 14.4 Å². The third-order valence-corrected chi connectivity index (χ3v) is 6.73. The van der Waals surface area contributed by atoms with Crippen LogP contribution in [0.4, 0.5) is 0 Å². The maximum absolute atomic E-state index is 6.14. The van der Waals surface area contributed by atoms with E-state index in [1.54, 1.807) is 0 Å². The van der Waals surface area contributed by atoms with Crippen LogP contribution in [0.3, 0.4) is 0 Å². The second kappa shape index (κ2) is 8.76. The van der Waals surface area contributed by atoms with Crippen molar-refractivity contribution in [1.82, 2.24) is 9.80 Å². The Morgan fingerprint density at radius 3 is 2.28 bits per heavy atom. The molecule has 3 heterocycles. The van der Waals surface area contributed by atoms with Crippen LogP contribution in [0.1, 0.15) is 49.3 Å². The molecule has 4 heteroatoms. The van der Waals surface area contributed by atoms with Crippen LogP contribution in [-0.2, 0) is 6.54 Å². The van der Waals surface area contributed by atoms with Crippen molar-refractivity contribution in [3.8, 4) is 11.5 Å². The molecule has 0 aromatic heterocycles. The van der Waals surface area contributed by atoms with Gasteiger partial charge in [0, 0.05) is 12.6 Å². The van der Waals surface area contributed by atoms with Crippen molar-refractivity contribution >= 4 is 0 Å². The lowest BCUT2D eigenvalue weighted by Crippen LogP contribution is -2.46. The lowest BCUT2D eigenvalue weighted by Gasteiger charge is -2.40. The molecular weight excluding hydrogens is 360 g/mol. The highest BCUT2D eigenvalue weighted by Gasteiger charge is 2.26. The van der Waals surface area contributed by atoms with Crippen LogP contribution < -0.4 is 9.47 Å². The molecule has 3 aliphatic heterocycles. The molecule has 0 bridgehead atoms. The number of hydrogen-bond acceptors (Lipinski definition) is 4. The van der Waals surface area contributed by atoms with Gasteiger partial charge in [-0.15, -0.1) is 0 Å². The van der Waals surface area contributed by atoms with E-state index < -0.39 is 0 Å². The highest BCUT2D eigenvalue weighted by Crippen LogP contribution is 2.35. The van der Waals surface area contributed by atoms with Crippen molar-refractivity contribution in [2.24, 2.45) is 0 Å². The Morgan fingerprint density at radius 2 is 1.52 bits per heavy atom. The Hall–Kier alpha value is -2.04. The van der Waals surface area contributed by atoms with Crippen LogP contribution in [0.2, 0.25) is 0 Å². The van der Waals surface area contributed by atoms with E-state index in [0.29, 0.717) is 6.61 Å². The van der Waals surface area contributed by atoms with Gasteiger partial charge in [-0.1, -0.05) is 42.8 Å². The fourth-order valence-electron chi connectivity index (χ4n) is 5.01. The smallest absolute Gasteiger partial charge is 0.162 e. The summed E-state index contributed by atoms with van der Waals surface area (Å²) in [4.78, 5) is 5.37. The number of nitrogens with zero attached hydrogens (tertiary/aromatic N) is 2. The van der Waals surface area contributed by atoms with Crippen molar-refractivity contribution in [1.29, 1.82) is 0 Å². The highest BCUT2D eigenvalue weighted by molar-refractivity contribution is 5.41. The summed E-state index contributed by atoms with van der Waals surface area (Å²) in [5, 5.41) is 0. The zero-order chi connectivity index (χ0) is 19.5. The van der Waals surface area contributed by atoms with Gasteiger partial charge >= 0.3 is 0 Å². The van der Waals surface area contributed by atoms with Crippen LogP contribution in [0, 0.1) is 0 Å². The van der Waals surface area contributed by atoms with E-state index in [2.05, 4.69) is 34.1 Å². The van der Waals surface area contributed by atoms with E-state index in [4.69, 9.17) is 9.47 Å². The minimum atomic E-state index is -0.0285. The maximum Gasteiger partial charge on any atom is 0.162 e. The van der Waals surface area contributed by atoms with Gasteiger partial charge in [-0.2, -0.15) is 0 Å². The van der Waals surface area contributed by atoms with Crippen molar-refractivity contribution in [3.05, 3.63) is 59.7 Å². The average molecular weight is 393 g/mol. The summed E-state index contributed by atoms with van der Waals surface area (Å²) < 4.78 is 12.0. The molecule has 4 nitrogen and oxygen atoms in total. The van der Waals surface area contributed by atoms with E-state index in [9.17, 15) is 0 Å². The van der Waals surface area contributed by atoms with E-state index in [1.807, 2.05) is 24.3 Å². The number of para-hydroxylation sites is 2. The monoisotopic (exact) mass is 392 g/mol. The molecule has 0 N–H and O–H groups in total. The SMILES string of the molecule is c1ccc2c(c1)OC[C@H](c1ccc(CN3CCC(N4CCCCC4)CC3)cc1)O2. The molecule has 2 saturated heterocycles. The van der Waals surface area contributed by atoms with Crippen LogP contribution in [-0.4, -0.2) is 48.6 Å². The number of fused-ring (bicyclic) bond motifs is 1. The molecule has 29 heavy (non-hydrogen) atoms. The zero-order valence-electron chi connectivity index (χ0n) is 17.3. The third kappa shape index (κ3) is 4.44. The number of piperidine rings is 2. The Balaban J connectivity index is 1.14. The Bertz CT molecular complexity index is 793. The number of hydrogen-bond donors (Lipinski definition) is 0. The Labute approximate surface area is 174 Å². The Morgan fingerprint density at radius 1 is 0.793 bits per heavy atom. The molecule has 2 fully saturated rings. The molecule has 2 aromatic carbocycles. The molecule has 154 valence electrons. The Kier molecular flexibility index (Phi) is 5.73. The van der Waals surface area contributed by atoms with Gasteiger partial charge in [0.05, 0.1) is 0 Å². The summed E-state index contributed by atoms with van der Waals surface area (Å²) in [5.74, 6) is 1.68. The fourth-order valence-corrected chi connectivity index (χ4v) is 5.01. The highest BCUT2D eigenvalue weighted by atomic mass is 16.6. The van der Waals surface area contributed by atoms with E-state index >= 15 is 0 Å². The predicted octanol–water partition coefficient (Wildman–Crippen LogP) is 4.65. The van der Waals surface area contributed by atoms with Gasteiger partial charge in [0.15, 0.2) is 17.6 Å². The number of ether oxygens (including phenoxy) is 2. The normalized spacial score (nSPS) is 23.8. The molecule has 5 rings (SSSR count). The molecule has 0 unspecified atom stereocenters. The minimum Gasteiger partial charge on any atom is -0.485 e. The van der Waals surface area contributed by atoms with Gasteiger partial charge in [0.1, 0.15) is 6.61 Å². The van der Waals surface area contributed by atoms with E-state index in [1.165, 1.54) is 69.4 Å². The third-order valence-electron chi connectivity index (χ3n) is 6.73. The summed E-state index contributed by atoms with van der Waals surface area (Å²) in [7, 11) is 0. The summed E-state index contributed by atoms with van der Waals surface area (Å²) >= 11 is 0. The first-order valence-electron chi connectivity index (χ1n) is 11.3. The number of rotatable bonds is 4. The van der Waals surface area contributed by atoms with Crippen molar-refractivity contribution in [2.75, 3.05) is 32.8 Å². The number of likely N-dealkylation sites (tertiary alicyclic amines) is 2. The number of benzene rings is 2. The summed E-state index contributed by atoms with van der Waals surface area (Å²) in [6, 6.07) is 17.7. The largest absolute Gasteiger partial charge is 0.485 e. The first kappa shape index (κ1) is 19.0. The molecule has 1 atom stereocenters. The maximum atomic E-state index is 6.14. The van der Waals surface area contributed by atoms with Crippen molar-refractivity contribution < 1.29 is 9.47 Å². The van der Waals surface area contributed by atoms with Gasteiger partial charge in [0.2, 0.25) is 0 Å². The van der Waals surface area contributed by atoms with Crippen LogP contribution in [0.5, 0.6) is 11.5 Å². The molecule has 0 spiro atoms. The summed E-state index contributed by atoms with van der Waals surface area (Å²) in [5.41, 5.74) is 2.58. The van der Waals surface area contributed by atoms with Crippen molar-refractivity contribution in [3.63, 3.8) is 0 Å². The van der Waals surface area contributed by atoms with Crippen LogP contribution in [0.25, 0.3) is 0 Å². The van der Waals surface area contributed by atoms with Crippen LogP contribution >= 0.6 is 0 Å². The summed E-state index contributed by atoms with van der Waals surface area (Å²) in [6.45, 7) is 6.71. The molecule has 0 radical (unpaired) electrons. The van der Waals surface area contributed by atoms with E-state index in [-0.39, 0.29) is 6.10 Å². The van der Waals surface area contributed by atoms with Gasteiger partial charge in [-0.3, -0.25) is 4.90 Å². The summed E-state index contributed by atoms with van der Waals surface area (Å²) in [6.07, 6.45) is 6.84. The van der Waals surface area contributed by atoms with E-state index in [0.717, 1.165) is 24.1 Å². The molecule has 2 aromatic rings. The predicted molar refractivity (Wildman–Crippen MR) is 115 cm³/mol. The molecule has 0 saturated carbocycles. The van der Waals surface area contributed by atoms with Gasteiger partial charge in [-0.05, 0) is 75.1 Å². The first-order valence-corrected chi connectivity index (χ1v) is 11.3. The van der Waals surface area contributed by atoms with Gasteiger partial charge in [0.25, 0.3) is 0 Å². The lowest BCUT2D eigenvalue weighted by molar-refractivity contribution is 0.0892. The standard InChI is InChI=1S/C25H32N2O2/c1-4-14-27(15-5-1)22-12-16-26(17-13-22)18-20-8-10-21(11-9-20)25-19-28-23-6-2-3-7-24(23)29-25/h2-3,6-11,22,25H,1,4-5,12-19H2/t25-/m1/s1.